The normalized spacial score (nSPS) is 10.8. The van der Waals surface area contributed by atoms with Gasteiger partial charge in [0.15, 0.2) is 17.2 Å². The molecule has 0 atom stereocenters. The van der Waals surface area contributed by atoms with E-state index in [0.717, 1.165) is 5.65 Å². The van der Waals surface area contributed by atoms with Gasteiger partial charge in [-0.05, 0) is 18.2 Å². The molecule has 2 heterocycles. The SMILES string of the molecule is COc1ccc(-c2cn3ccncc3n2)cc1F. The minimum atomic E-state index is -0.398. The summed E-state index contributed by atoms with van der Waals surface area (Å²) < 4.78 is 20.3. The molecule has 2 aromatic heterocycles. The van der Waals surface area contributed by atoms with Gasteiger partial charge in [-0.1, -0.05) is 0 Å². The third-order valence-corrected chi connectivity index (χ3v) is 2.71. The maximum absolute atomic E-state index is 13.6. The maximum Gasteiger partial charge on any atom is 0.165 e. The van der Waals surface area contributed by atoms with E-state index in [0.29, 0.717) is 11.3 Å². The number of hydrogen-bond donors (Lipinski definition) is 0. The monoisotopic (exact) mass is 243 g/mol. The van der Waals surface area contributed by atoms with Crippen LogP contribution in [0.15, 0.2) is 43.0 Å². The topological polar surface area (TPSA) is 39.4 Å². The molecule has 18 heavy (non-hydrogen) atoms. The van der Waals surface area contributed by atoms with E-state index in [9.17, 15) is 4.39 Å². The van der Waals surface area contributed by atoms with Crippen molar-refractivity contribution >= 4 is 5.65 Å². The van der Waals surface area contributed by atoms with E-state index in [1.54, 1.807) is 30.7 Å². The number of fused-ring (bicyclic) bond motifs is 1. The van der Waals surface area contributed by atoms with Crippen LogP contribution >= 0.6 is 0 Å². The zero-order chi connectivity index (χ0) is 12.5. The highest BCUT2D eigenvalue weighted by Crippen LogP contribution is 2.24. The summed E-state index contributed by atoms with van der Waals surface area (Å²) in [6.45, 7) is 0. The van der Waals surface area contributed by atoms with E-state index in [-0.39, 0.29) is 5.75 Å². The summed E-state index contributed by atoms with van der Waals surface area (Å²) in [6, 6.07) is 4.78. The van der Waals surface area contributed by atoms with Gasteiger partial charge in [-0.3, -0.25) is 4.98 Å². The van der Waals surface area contributed by atoms with Crippen molar-refractivity contribution < 1.29 is 9.13 Å². The number of imidazole rings is 1. The Balaban J connectivity index is 2.11. The molecule has 1 aromatic carbocycles. The fourth-order valence-electron chi connectivity index (χ4n) is 1.81. The highest BCUT2D eigenvalue weighted by atomic mass is 19.1. The second-order valence-electron chi connectivity index (χ2n) is 3.82. The van der Waals surface area contributed by atoms with E-state index in [4.69, 9.17) is 4.74 Å². The van der Waals surface area contributed by atoms with Crippen LogP contribution in [0.5, 0.6) is 5.75 Å². The Morgan fingerprint density at radius 2 is 2.22 bits per heavy atom. The number of methoxy groups -OCH3 is 1. The van der Waals surface area contributed by atoms with E-state index in [1.165, 1.54) is 13.2 Å². The minimum Gasteiger partial charge on any atom is -0.494 e. The van der Waals surface area contributed by atoms with E-state index >= 15 is 0 Å². The van der Waals surface area contributed by atoms with Crippen molar-refractivity contribution in [3.63, 3.8) is 0 Å². The summed E-state index contributed by atoms with van der Waals surface area (Å²) >= 11 is 0. The molecule has 0 saturated carbocycles. The van der Waals surface area contributed by atoms with Gasteiger partial charge in [-0.15, -0.1) is 0 Å². The number of aromatic nitrogens is 3. The van der Waals surface area contributed by atoms with E-state index < -0.39 is 5.82 Å². The van der Waals surface area contributed by atoms with Crippen molar-refractivity contribution in [2.75, 3.05) is 7.11 Å². The second-order valence-corrected chi connectivity index (χ2v) is 3.82. The molecule has 90 valence electrons. The Morgan fingerprint density at radius 3 is 2.94 bits per heavy atom. The third-order valence-electron chi connectivity index (χ3n) is 2.71. The summed E-state index contributed by atoms with van der Waals surface area (Å²) in [5.41, 5.74) is 2.13. The number of hydrogen-bond acceptors (Lipinski definition) is 3. The lowest BCUT2D eigenvalue weighted by atomic mass is 10.1. The quantitative estimate of drug-likeness (QED) is 0.694. The highest BCUT2D eigenvalue weighted by molar-refractivity contribution is 5.63. The van der Waals surface area contributed by atoms with Crippen LogP contribution in [0.4, 0.5) is 4.39 Å². The molecule has 0 aliphatic heterocycles. The van der Waals surface area contributed by atoms with Crippen molar-refractivity contribution in [3.8, 4) is 17.0 Å². The first-order chi connectivity index (χ1) is 8.78. The van der Waals surface area contributed by atoms with Gasteiger partial charge in [0.25, 0.3) is 0 Å². The molecule has 0 spiro atoms. The molecule has 0 fully saturated rings. The zero-order valence-corrected chi connectivity index (χ0v) is 9.67. The van der Waals surface area contributed by atoms with Gasteiger partial charge in [-0.25, -0.2) is 9.37 Å². The molecule has 0 radical (unpaired) electrons. The van der Waals surface area contributed by atoms with Crippen LogP contribution in [0.2, 0.25) is 0 Å². The molecular formula is C13H10FN3O. The van der Waals surface area contributed by atoms with Crippen LogP contribution in [0.1, 0.15) is 0 Å². The fourth-order valence-corrected chi connectivity index (χ4v) is 1.81. The van der Waals surface area contributed by atoms with Crippen LogP contribution in [0.25, 0.3) is 16.9 Å². The van der Waals surface area contributed by atoms with Crippen molar-refractivity contribution in [1.82, 2.24) is 14.4 Å². The smallest absolute Gasteiger partial charge is 0.165 e. The molecule has 5 heteroatoms. The number of ether oxygens (including phenoxy) is 1. The number of rotatable bonds is 2. The summed E-state index contributed by atoms with van der Waals surface area (Å²) in [5, 5.41) is 0. The van der Waals surface area contributed by atoms with Gasteiger partial charge in [0.05, 0.1) is 19.0 Å². The number of halogens is 1. The van der Waals surface area contributed by atoms with Crippen molar-refractivity contribution in [2.24, 2.45) is 0 Å². The van der Waals surface area contributed by atoms with Crippen molar-refractivity contribution in [2.45, 2.75) is 0 Å². The zero-order valence-electron chi connectivity index (χ0n) is 9.67. The van der Waals surface area contributed by atoms with Gasteiger partial charge in [0.1, 0.15) is 0 Å². The lowest BCUT2D eigenvalue weighted by Gasteiger charge is -2.02. The molecule has 0 N–H and O–H groups in total. The predicted molar refractivity (Wildman–Crippen MR) is 64.9 cm³/mol. The van der Waals surface area contributed by atoms with Crippen molar-refractivity contribution in [1.29, 1.82) is 0 Å². The van der Waals surface area contributed by atoms with Crippen molar-refractivity contribution in [3.05, 3.63) is 48.8 Å². The first-order valence-corrected chi connectivity index (χ1v) is 5.40. The summed E-state index contributed by atoms with van der Waals surface area (Å²) in [5.74, 6) is -0.172. The molecule has 0 saturated heterocycles. The van der Waals surface area contributed by atoms with Crippen LogP contribution in [0.3, 0.4) is 0 Å². The van der Waals surface area contributed by atoms with Crippen LogP contribution in [-0.2, 0) is 0 Å². The molecule has 4 nitrogen and oxygen atoms in total. The summed E-state index contributed by atoms with van der Waals surface area (Å²) in [4.78, 5) is 8.36. The number of nitrogens with zero attached hydrogens (tertiary/aromatic N) is 3. The lowest BCUT2D eigenvalue weighted by Crippen LogP contribution is -1.88. The Bertz CT molecular complexity index is 675. The fraction of sp³-hybridized carbons (Fsp3) is 0.0769. The molecule has 3 aromatic rings. The standard InChI is InChI=1S/C13H10FN3O/c1-18-12-3-2-9(6-10(12)14)11-8-17-5-4-15-7-13(17)16-11/h2-8H,1H3. The Labute approximate surface area is 103 Å². The summed E-state index contributed by atoms with van der Waals surface area (Å²) in [7, 11) is 1.44. The van der Waals surface area contributed by atoms with E-state index in [2.05, 4.69) is 9.97 Å². The average molecular weight is 243 g/mol. The average Bonchev–Trinajstić information content (AvgIpc) is 2.82. The van der Waals surface area contributed by atoms with Crippen LogP contribution in [-0.4, -0.2) is 21.5 Å². The first-order valence-electron chi connectivity index (χ1n) is 5.40. The Morgan fingerprint density at radius 1 is 1.33 bits per heavy atom. The predicted octanol–water partition coefficient (Wildman–Crippen LogP) is 2.54. The highest BCUT2D eigenvalue weighted by Gasteiger charge is 2.08. The molecular weight excluding hydrogens is 233 g/mol. The molecule has 0 amide bonds. The van der Waals surface area contributed by atoms with Crippen LogP contribution in [0, 0.1) is 5.82 Å². The first kappa shape index (κ1) is 10.7. The van der Waals surface area contributed by atoms with E-state index in [1.807, 2.05) is 10.6 Å². The van der Waals surface area contributed by atoms with Gasteiger partial charge < -0.3 is 9.14 Å². The lowest BCUT2D eigenvalue weighted by molar-refractivity contribution is 0.386. The maximum atomic E-state index is 13.6. The molecule has 0 aliphatic carbocycles. The summed E-state index contributed by atoms with van der Waals surface area (Å²) in [6.07, 6.45) is 6.96. The Hall–Kier alpha value is -2.43. The molecule has 0 bridgehead atoms. The number of benzene rings is 1. The van der Waals surface area contributed by atoms with Gasteiger partial charge in [0, 0.05) is 24.2 Å². The van der Waals surface area contributed by atoms with Gasteiger partial charge in [0.2, 0.25) is 0 Å². The van der Waals surface area contributed by atoms with Gasteiger partial charge >= 0.3 is 0 Å². The molecule has 0 aliphatic rings. The second kappa shape index (κ2) is 4.10. The minimum absolute atomic E-state index is 0.226. The van der Waals surface area contributed by atoms with Crippen LogP contribution < -0.4 is 4.74 Å². The third kappa shape index (κ3) is 1.69. The Kier molecular flexibility index (Phi) is 2.44. The molecule has 3 rings (SSSR count). The largest absolute Gasteiger partial charge is 0.494 e. The van der Waals surface area contributed by atoms with Gasteiger partial charge in [-0.2, -0.15) is 0 Å². The molecule has 0 unspecified atom stereocenters.